The van der Waals surface area contributed by atoms with Crippen LogP contribution in [0.25, 0.3) is 0 Å². The molecule has 0 aromatic heterocycles. The Kier molecular flexibility index (Phi) is 9.20. The van der Waals surface area contributed by atoms with Gasteiger partial charge in [-0.3, -0.25) is 0 Å². The molecule has 3 aromatic rings. The quantitative estimate of drug-likeness (QED) is 0.455. The van der Waals surface area contributed by atoms with Crippen molar-refractivity contribution < 1.29 is 24.5 Å². The monoisotopic (exact) mass is 433 g/mol. The van der Waals surface area contributed by atoms with Crippen molar-refractivity contribution in [2.24, 2.45) is 5.73 Å². The zero-order chi connectivity index (χ0) is 23.4. The van der Waals surface area contributed by atoms with Crippen LogP contribution in [0, 0.1) is 0 Å². The fourth-order valence-electron chi connectivity index (χ4n) is 2.93. The summed E-state index contributed by atoms with van der Waals surface area (Å²) in [7, 11) is 0. The Morgan fingerprint density at radius 1 is 0.812 bits per heavy atom. The zero-order valence-corrected chi connectivity index (χ0v) is 17.8. The van der Waals surface area contributed by atoms with Crippen LogP contribution in [0.5, 0.6) is 5.75 Å². The second-order valence-electron chi connectivity index (χ2n) is 7.39. The van der Waals surface area contributed by atoms with Gasteiger partial charge in [-0.15, -0.1) is 0 Å². The lowest BCUT2D eigenvalue weighted by molar-refractivity contribution is -0.134. The third-order valence-corrected chi connectivity index (χ3v) is 4.54. The van der Waals surface area contributed by atoms with E-state index in [0.717, 1.165) is 17.7 Å². The highest BCUT2D eigenvalue weighted by atomic mass is 16.5. The second-order valence-corrected chi connectivity index (χ2v) is 7.39. The van der Waals surface area contributed by atoms with Crippen molar-refractivity contribution >= 4 is 11.9 Å². The first-order chi connectivity index (χ1) is 15.3. The number of aliphatic carboxylic acids is 2. The molecule has 0 aliphatic heterocycles. The number of ether oxygens (including phenoxy) is 1. The van der Waals surface area contributed by atoms with E-state index >= 15 is 0 Å². The molecule has 0 aliphatic rings. The number of hydrogen-bond acceptors (Lipinski definition) is 4. The molecule has 0 fully saturated rings. The Hall–Kier alpha value is -3.90. The number of carboxylic acids is 2. The molecular weight excluding hydrogens is 406 g/mol. The number of hydrogen-bond donors (Lipinski definition) is 3. The third kappa shape index (κ3) is 8.85. The predicted octanol–water partition coefficient (Wildman–Crippen LogP) is 4.39. The number of rotatable bonds is 8. The summed E-state index contributed by atoms with van der Waals surface area (Å²) in [6.07, 6.45) is 1.90. The first kappa shape index (κ1) is 24.4. The molecule has 0 bridgehead atoms. The first-order valence-electron chi connectivity index (χ1n) is 10.0. The highest BCUT2D eigenvalue weighted by Gasteiger charge is 2.21. The minimum absolute atomic E-state index is 0.381. The van der Waals surface area contributed by atoms with Gasteiger partial charge in [-0.2, -0.15) is 0 Å². The van der Waals surface area contributed by atoms with Gasteiger partial charge in [-0.05, 0) is 42.2 Å². The molecule has 0 saturated heterocycles. The normalized spacial score (nSPS) is 12.3. The van der Waals surface area contributed by atoms with E-state index in [1.165, 1.54) is 11.1 Å². The minimum atomic E-state index is -1.26. The molecule has 0 saturated carbocycles. The van der Waals surface area contributed by atoms with Gasteiger partial charge >= 0.3 is 11.9 Å². The Balaban J connectivity index is 0.000000390. The minimum Gasteiger partial charge on any atom is -0.489 e. The maximum atomic E-state index is 9.55. The fourth-order valence-corrected chi connectivity index (χ4v) is 2.93. The lowest BCUT2D eigenvalue weighted by atomic mass is 9.87. The molecule has 3 rings (SSSR count). The van der Waals surface area contributed by atoms with Crippen LogP contribution in [0.4, 0.5) is 0 Å². The van der Waals surface area contributed by atoms with Gasteiger partial charge < -0.3 is 20.7 Å². The van der Waals surface area contributed by atoms with E-state index in [4.69, 9.17) is 20.7 Å². The summed E-state index contributed by atoms with van der Waals surface area (Å²) in [6.45, 7) is 2.65. The van der Waals surface area contributed by atoms with E-state index in [1.54, 1.807) is 0 Å². The lowest BCUT2D eigenvalue weighted by Crippen LogP contribution is -2.35. The van der Waals surface area contributed by atoms with Gasteiger partial charge in [0, 0.05) is 17.7 Å². The molecule has 6 heteroatoms. The number of benzene rings is 3. The Labute approximate surface area is 187 Å². The molecular formula is C26H27NO5. The molecule has 0 amide bonds. The zero-order valence-electron chi connectivity index (χ0n) is 17.8. The average molecular weight is 434 g/mol. The van der Waals surface area contributed by atoms with Gasteiger partial charge in [0.2, 0.25) is 0 Å². The molecule has 0 spiro atoms. The van der Waals surface area contributed by atoms with Crippen molar-refractivity contribution in [3.63, 3.8) is 0 Å². The van der Waals surface area contributed by atoms with Crippen LogP contribution in [-0.4, -0.2) is 22.2 Å². The molecule has 3 aromatic carbocycles. The summed E-state index contributed by atoms with van der Waals surface area (Å²) in [6, 6.07) is 28.6. The van der Waals surface area contributed by atoms with Crippen molar-refractivity contribution in [2.45, 2.75) is 25.5 Å². The van der Waals surface area contributed by atoms with Gasteiger partial charge in [0.15, 0.2) is 0 Å². The fraction of sp³-hybridized carbons (Fsp3) is 0.154. The Morgan fingerprint density at radius 2 is 1.31 bits per heavy atom. The second kappa shape index (κ2) is 12.1. The molecule has 4 N–H and O–H groups in total. The molecule has 32 heavy (non-hydrogen) atoms. The number of carbonyl (C=O) groups is 2. The van der Waals surface area contributed by atoms with E-state index < -0.39 is 11.9 Å². The SMILES string of the molecule is CC(N)(Cc1ccc(OCc2ccccc2)cc1)c1ccccc1.O=C(O)C=CC(=O)O. The first-order valence-corrected chi connectivity index (χ1v) is 10.0. The van der Waals surface area contributed by atoms with Crippen molar-refractivity contribution in [3.8, 4) is 5.75 Å². The summed E-state index contributed by atoms with van der Waals surface area (Å²) in [5.74, 6) is -1.64. The maximum absolute atomic E-state index is 9.55. The van der Waals surface area contributed by atoms with E-state index in [9.17, 15) is 9.59 Å². The average Bonchev–Trinajstić information content (AvgIpc) is 2.79. The highest BCUT2D eigenvalue weighted by molar-refractivity contribution is 5.89. The molecule has 0 aliphatic carbocycles. The molecule has 1 atom stereocenters. The Bertz CT molecular complexity index is 997. The summed E-state index contributed by atoms with van der Waals surface area (Å²) in [4.78, 5) is 19.1. The molecule has 166 valence electrons. The van der Waals surface area contributed by atoms with Crippen molar-refractivity contribution in [2.75, 3.05) is 0 Å². The van der Waals surface area contributed by atoms with Crippen LogP contribution < -0.4 is 10.5 Å². The van der Waals surface area contributed by atoms with Gasteiger partial charge in [0.05, 0.1) is 0 Å². The van der Waals surface area contributed by atoms with Crippen LogP contribution in [0.15, 0.2) is 97.1 Å². The topological polar surface area (TPSA) is 110 Å². The number of nitrogens with two attached hydrogens (primary N) is 1. The predicted molar refractivity (Wildman–Crippen MR) is 123 cm³/mol. The summed E-state index contributed by atoms with van der Waals surface area (Å²) >= 11 is 0. The van der Waals surface area contributed by atoms with Gasteiger partial charge in [0.25, 0.3) is 0 Å². The Morgan fingerprint density at radius 3 is 1.81 bits per heavy atom. The summed E-state index contributed by atoms with van der Waals surface area (Å²) < 4.78 is 5.83. The van der Waals surface area contributed by atoms with E-state index in [1.807, 2.05) is 48.5 Å². The standard InChI is InChI=1S/C22H23NO.C4H4O4/c1-22(23,20-10-6-3-7-11-20)16-18-12-14-21(15-13-18)24-17-19-8-4-2-5-9-19;5-3(6)1-2-4(7)8/h2-15H,16-17,23H2,1H3;1-2H,(H,5,6)(H,7,8). The smallest absolute Gasteiger partial charge is 0.328 e. The van der Waals surface area contributed by atoms with Crippen LogP contribution >= 0.6 is 0 Å². The molecule has 0 heterocycles. The van der Waals surface area contributed by atoms with E-state index in [2.05, 4.69) is 43.3 Å². The van der Waals surface area contributed by atoms with Crippen molar-refractivity contribution in [3.05, 3.63) is 114 Å². The highest BCUT2D eigenvalue weighted by Crippen LogP contribution is 2.24. The number of carboxylic acid groups (broad SMARTS) is 2. The molecule has 0 radical (unpaired) electrons. The largest absolute Gasteiger partial charge is 0.489 e. The van der Waals surface area contributed by atoms with Crippen LogP contribution in [0.3, 0.4) is 0 Å². The van der Waals surface area contributed by atoms with Crippen LogP contribution in [0.2, 0.25) is 0 Å². The van der Waals surface area contributed by atoms with Crippen molar-refractivity contribution in [1.82, 2.24) is 0 Å². The van der Waals surface area contributed by atoms with Crippen LogP contribution in [-0.2, 0) is 28.2 Å². The van der Waals surface area contributed by atoms with Crippen LogP contribution in [0.1, 0.15) is 23.6 Å². The van der Waals surface area contributed by atoms with Crippen molar-refractivity contribution in [1.29, 1.82) is 0 Å². The summed E-state index contributed by atoms with van der Waals surface area (Å²) in [5, 5.41) is 15.6. The van der Waals surface area contributed by atoms with Gasteiger partial charge in [0.1, 0.15) is 12.4 Å². The maximum Gasteiger partial charge on any atom is 0.328 e. The van der Waals surface area contributed by atoms with E-state index in [-0.39, 0.29) is 5.54 Å². The van der Waals surface area contributed by atoms with Gasteiger partial charge in [-0.1, -0.05) is 72.8 Å². The summed E-state index contributed by atoms with van der Waals surface area (Å²) in [5.41, 5.74) is 9.65. The third-order valence-electron chi connectivity index (χ3n) is 4.54. The van der Waals surface area contributed by atoms with E-state index in [0.29, 0.717) is 18.8 Å². The molecule has 1 unspecified atom stereocenters. The lowest BCUT2D eigenvalue weighted by Gasteiger charge is -2.25. The van der Waals surface area contributed by atoms with Gasteiger partial charge in [-0.25, -0.2) is 9.59 Å². The molecule has 6 nitrogen and oxygen atoms in total.